The normalized spacial score (nSPS) is 24.6. The van der Waals surface area contributed by atoms with E-state index in [0.29, 0.717) is 12.1 Å². The molecule has 0 N–H and O–H groups in total. The molecule has 0 bridgehead atoms. The molecule has 0 radical (unpaired) electrons. The molecule has 6 aliphatic rings. The molecule has 3 atom stereocenters. The van der Waals surface area contributed by atoms with Crippen LogP contribution >= 0.6 is 0 Å². The summed E-state index contributed by atoms with van der Waals surface area (Å²) in [4.78, 5) is 9.95. The predicted octanol–water partition coefficient (Wildman–Crippen LogP) is 8.24. The topological polar surface area (TPSA) is 43.3 Å². The maximum absolute atomic E-state index is 7.39. The van der Waals surface area contributed by atoms with Gasteiger partial charge in [0.05, 0.1) is 11.1 Å². The first kappa shape index (κ1) is 34.6. The highest BCUT2D eigenvalue weighted by molar-refractivity contribution is 5.87. The molecule has 7 heteroatoms. The number of hydrogen-bond acceptors (Lipinski definition) is 5. The van der Waals surface area contributed by atoms with Crippen molar-refractivity contribution in [1.82, 2.24) is 9.80 Å². The number of aryl methyl sites for hydroxylation is 2. The van der Waals surface area contributed by atoms with Gasteiger partial charge in [-0.15, -0.1) is 0 Å². The monoisotopic (exact) mass is 713 g/mol. The summed E-state index contributed by atoms with van der Waals surface area (Å²) >= 11 is 0. The molecule has 53 heavy (non-hydrogen) atoms. The van der Waals surface area contributed by atoms with E-state index in [1.54, 1.807) is 0 Å². The van der Waals surface area contributed by atoms with Crippen molar-refractivity contribution in [3.05, 3.63) is 81.9 Å². The predicted molar refractivity (Wildman–Crippen MR) is 214 cm³/mol. The third-order valence-electron chi connectivity index (χ3n) is 12.6. The van der Waals surface area contributed by atoms with E-state index in [1.165, 1.54) is 65.0 Å². The molecule has 2 saturated heterocycles. The summed E-state index contributed by atoms with van der Waals surface area (Å²) in [5.74, 6) is 3.12. The van der Waals surface area contributed by atoms with Gasteiger partial charge >= 0.3 is 6.03 Å². The highest BCUT2D eigenvalue weighted by atomic mass is 16.7. The quantitative estimate of drug-likeness (QED) is 0.250. The second-order valence-electron chi connectivity index (χ2n) is 18.5. The van der Waals surface area contributed by atoms with Crippen molar-refractivity contribution >= 4 is 18.4 Å². The fraction of sp³-hybridized carbons (Fsp3) is 0.543. The van der Waals surface area contributed by atoms with E-state index in [-0.39, 0.29) is 10.8 Å². The molecule has 3 aromatic carbocycles. The van der Waals surface area contributed by atoms with Gasteiger partial charge in [-0.2, -0.15) is 0 Å². The van der Waals surface area contributed by atoms with Crippen LogP contribution in [-0.2, 0) is 17.3 Å². The lowest BCUT2D eigenvalue weighted by Crippen LogP contribution is -2.60. The second kappa shape index (κ2) is 12.7. The third-order valence-corrected chi connectivity index (χ3v) is 12.6. The highest BCUT2D eigenvalue weighted by Crippen LogP contribution is 2.49. The number of benzene rings is 3. The molecular formula is C46H59N5O2+2. The van der Waals surface area contributed by atoms with Crippen molar-refractivity contribution in [2.24, 2.45) is 4.99 Å². The molecule has 5 aliphatic heterocycles. The molecule has 0 aromatic heterocycles. The Kier molecular flexibility index (Phi) is 8.32. The maximum Gasteiger partial charge on any atom is 0.704 e. The Balaban J connectivity index is 1.07. The number of fused-ring (bicyclic) bond motifs is 6. The first-order chi connectivity index (χ1) is 25.4. The average molecular weight is 714 g/mol. The minimum Gasteiger partial charge on any atom is -0.343 e. The zero-order valence-electron chi connectivity index (χ0n) is 33.2. The Labute approximate surface area is 317 Å². The van der Waals surface area contributed by atoms with Crippen LogP contribution in [-0.4, -0.2) is 88.2 Å². The third kappa shape index (κ3) is 5.88. The van der Waals surface area contributed by atoms with Gasteiger partial charge in [0, 0.05) is 51.1 Å². The largest absolute Gasteiger partial charge is 0.704 e. The lowest BCUT2D eigenvalue weighted by atomic mass is 9.79. The molecular weight excluding hydrogens is 655 g/mol. The van der Waals surface area contributed by atoms with Gasteiger partial charge in [0.25, 0.3) is 0 Å². The van der Waals surface area contributed by atoms with Gasteiger partial charge in [-0.1, -0.05) is 81.0 Å². The maximum atomic E-state index is 7.39. The van der Waals surface area contributed by atoms with Crippen molar-refractivity contribution in [1.29, 1.82) is 0 Å². The van der Waals surface area contributed by atoms with E-state index in [2.05, 4.69) is 128 Å². The number of nitrogens with zero attached hydrogens (tertiary/aromatic N) is 5. The van der Waals surface area contributed by atoms with E-state index < -0.39 is 6.03 Å². The summed E-state index contributed by atoms with van der Waals surface area (Å²) in [6.45, 7) is 21.5. The van der Waals surface area contributed by atoms with Gasteiger partial charge in [-0.3, -0.25) is 4.99 Å². The van der Waals surface area contributed by atoms with Crippen LogP contribution in [0.15, 0.2) is 53.5 Å². The van der Waals surface area contributed by atoms with E-state index in [1.807, 2.05) is 0 Å². The fourth-order valence-corrected chi connectivity index (χ4v) is 9.89. The first-order valence-corrected chi connectivity index (χ1v) is 20.5. The lowest BCUT2D eigenvalue weighted by molar-refractivity contribution is -0.866. The summed E-state index contributed by atoms with van der Waals surface area (Å²) in [5, 5.41) is 0. The zero-order chi connectivity index (χ0) is 36.7. The minimum absolute atomic E-state index is 0.0312. The van der Waals surface area contributed by atoms with Gasteiger partial charge in [0.2, 0.25) is 12.1 Å². The Morgan fingerprint density at radius 1 is 0.792 bits per heavy atom. The zero-order valence-corrected chi connectivity index (χ0v) is 33.2. The molecule has 3 fully saturated rings. The minimum atomic E-state index is -1.04. The Bertz CT molecular complexity index is 2050. The highest BCUT2D eigenvalue weighted by Gasteiger charge is 2.76. The summed E-state index contributed by atoms with van der Waals surface area (Å²) in [6, 6.07) is 18.1. The molecule has 1 saturated carbocycles. The first-order valence-electron chi connectivity index (χ1n) is 20.5. The van der Waals surface area contributed by atoms with Gasteiger partial charge in [-0.05, 0) is 102 Å². The van der Waals surface area contributed by atoms with Crippen LogP contribution in [0, 0.1) is 6.92 Å². The van der Waals surface area contributed by atoms with Crippen molar-refractivity contribution in [2.45, 2.75) is 129 Å². The molecule has 9 rings (SSSR count). The summed E-state index contributed by atoms with van der Waals surface area (Å²) in [5.41, 5.74) is 9.96. The van der Waals surface area contributed by atoms with Gasteiger partial charge < -0.3 is 19.3 Å². The average Bonchev–Trinajstić information content (AvgIpc) is 3.41. The van der Waals surface area contributed by atoms with Crippen molar-refractivity contribution in [2.75, 3.05) is 32.7 Å². The van der Waals surface area contributed by atoms with E-state index in [0.717, 1.165) is 81.0 Å². The van der Waals surface area contributed by atoms with Crippen molar-refractivity contribution < 1.29 is 18.6 Å². The van der Waals surface area contributed by atoms with E-state index in [9.17, 15) is 0 Å². The van der Waals surface area contributed by atoms with Gasteiger partial charge in [0.15, 0.2) is 29.9 Å². The van der Waals surface area contributed by atoms with E-state index >= 15 is 0 Å². The van der Waals surface area contributed by atoms with Crippen LogP contribution < -0.4 is 9.47 Å². The van der Waals surface area contributed by atoms with Crippen molar-refractivity contribution in [3.8, 4) is 22.6 Å². The number of guanidine groups is 1. The number of hydrogen-bond donors (Lipinski definition) is 0. The number of aliphatic imine (C=N–C) groups is 1. The molecule has 1 spiro atoms. The standard InChI is InChI=1S/C46H59N5O2/c1-31-25-33(37-17-9-8-15-32(37)16-12-21-48-23-14-24-49-22-13-20-47-43(48)49)26-34-29-50-39-18-10-11-19-40(39)51-30-35-27-36(44(2,3)4)28-38(45(5,6)7)42(35)53-46(50,51)52-41(31)34/h8-9,15,17,25-30,39-40H,10-14,16,18-24H2,1-7H3/q+2. The summed E-state index contributed by atoms with van der Waals surface area (Å²) < 4.78 is 19.6. The Hall–Kier alpha value is -4.13. The van der Waals surface area contributed by atoms with Crippen molar-refractivity contribution in [3.63, 3.8) is 0 Å². The molecule has 3 aromatic rings. The van der Waals surface area contributed by atoms with Crippen LogP contribution in [0.1, 0.15) is 120 Å². The molecule has 5 heterocycles. The molecule has 3 unspecified atom stereocenters. The molecule has 0 amide bonds. The lowest BCUT2D eigenvalue weighted by Gasteiger charge is -2.41. The molecule has 7 nitrogen and oxygen atoms in total. The number of rotatable bonds is 5. The number of ether oxygens (including phenoxy) is 2. The Morgan fingerprint density at radius 2 is 1.49 bits per heavy atom. The Morgan fingerprint density at radius 3 is 2.23 bits per heavy atom. The van der Waals surface area contributed by atoms with Crippen LogP contribution in [0.2, 0.25) is 0 Å². The summed E-state index contributed by atoms with van der Waals surface area (Å²) in [6.07, 6.45) is 14.1. The second-order valence-corrected chi connectivity index (χ2v) is 18.5. The van der Waals surface area contributed by atoms with E-state index in [4.69, 9.17) is 14.5 Å². The van der Waals surface area contributed by atoms with Crippen LogP contribution in [0.5, 0.6) is 11.5 Å². The van der Waals surface area contributed by atoms with Gasteiger partial charge in [0.1, 0.15) is 0 Å². The SMILES string of the molecule is Cc1cc(-c2ccccc2CCCN2CCCN3CCCN=C32)cc2c1OC13Oc4c(cc(C(C)(C)C)cc4C(C)(C)C)C=[N+]1C1CCCCC1[N+]3=C2. The van der Waals surface area contributed by atoms with Crippen LogP contribution in [0.25, 0.3) is 11.1 Å². The molecule has 1 aliphatic carbocycles. The fourth-order valence-electron chi connectivity index (χ4n) is 9.89. The van der Waals surface area contributed by atoms with Gasteiger partial charge in [-0.25, -0.2) is 0 Å². The van der Waals surface area contributed by atoms with Crippen LogP contribution in [0.4, 0.5) is 0 Å². The van der Waals surface area contributed by atoms with Crippen LogP contribution in [0.3, 0.4) is 0 Å². The molecule has 278 valence electrons. The smallest absolute Gasteiger partial charge is 0.343 e. The summed E-state index contributed by atoms with van der Waals surface area (Å²) in [7, 11) is 0.